The Morgan fingerprint density at radius 1 is 0.327 bits per heavy atom. The van der Waals surface area contributed by atoms with Crippen LogP contribution in [0.15, 0.2) is 182 Å². The van der Waals surface area contributed by atoms with Crippen LogP contribution in [-0.2, 0) is 0 Å². The maximum atomic E-state index is 5.24. The molecule has 0 radical (unpaired) electrons. The Hall–Kier alpha value is -6.16. The minimum atomic E-state index is 0.709. The Kier molecular flexibility index (Phi) is 7.38. The monoisotopic (exact) mass is 642 g/mol. The van der Waals surface area contributed by atoms with E-state index in [1.807, 2.05) is 35.6 Å². The van der Waals surface area contributed by atoms with Crippen LogP contribution < -0.4 is 0 Å². The summed E-state index contributed by atoms with van der Waals surface area (Å²) in [5.74, 6) is 0.709. The van der Waals surface area contributed by atoms with E-state index in [9.17, 15) is 0 Å². The smallest absolute Gasteiger partial charge is 0.160 e. The predicted octanol–water partition coefficient (Wildman–Crippen LogP) is 12.8. The van der Waals surface area contributed by atoms with E-state index >= 15 is 0 Å². The third-order valence-corrected chi connectivity index (χ3v) is 10.3. The highest BCUT2D eigenvalue weighted by molar-refractivity contribution is 7.26. The third kappa shape index (κ3) is 5.50. The van der Waals surface area contributed by atoms with Crippen LogP contribution in [0, 0.1) is 0 Å². The second-order valence-corrected chi connectivity index (χ2v) is 13.2. The van der Waals surface area contributed by atoms with Crippen molar-refractivity contribution in [3.05, 3.63) is 182 Å². The topological polar surface area (TPSA) is 25.8 Å². The first-order chi connectivity index (χ1) is 24.3. The fourth-order valence-electron chi connectivity index (χ4n) is 6.73. The molecular formula is C46H30N2S. The quantitative estimate of drug-likeness (QED) is 0.180. The Morgan fingerprint density at radius 3 is 1.53 bits per heavy atom. The number of benzene rings is 7. The molecule has 2 heterocycles. The molecule has 9 aromatic rings. The van der Waals surface area contributed by atoms with Gasteiger partial charge in [-0.2, -0.15) is 0 Å². The first-order valence-electron chi connectivity index (χ1n) is 16.5. The Bertz CT molecular complexity index is 2530. The molecule has 0 aliphatic carbocycles. The summed E-state index contributed by atoms with van der Waals surface area (Å²) >= 11 is 1.86. The molecule has 3 heteroatoms. The number of rotatable bonds is 6. The van der Waals surface area contributed by atoms with Gasteiger partial charge in [-0.3, -0.25) is 0 Å². The number of fused-ring (bicyclic) bond motifs is 3. The number of nitrogens with zero attached hydrogens (tertiary/aromatic N) is 2. The molecule has 0 atom stereocenters. The van der Waals surface area contributed by atoms with E-state index in [0.717, 1.165) is 39.2 Å². The van der Waals surface area contributed by atoms with Gasteiger partial charge in [-0.05, 0) is 63.7 Å². The van der Waals surface area contributed by atoms with Crippen LogP contribution in [0.4, 0.5) is 0 Å². The van der Waals surface area contributed by atoms with E-state index in [1.165, 1.54) is 42.4 Å². The van der Waals surface area contributed by atoms with Crippen molar-refractivity contribution in [3.63, 3.8) is 0 Å². The number of thiophene rings is 1. The van der Waals surface area contributed by atoms with Crippen molar-refractivity contribution >= 4 is 31.5 Å². The highest BCUT2D eigenvalue weighted by Crippen LogP contribution is 2.43. The summed E-state index contributed by atoms with van der Waals surface area (Å²) in [4.78, 5) is 10.3. The van der Waals surface area contributed by atoms with E-state index in [4.69, 9.17) is 9.97 Å². The zero-order valence-electron chi connectivity index (χ0n) is 26.6. The predicted molar refractivity (Wildman–Crippen MR) is 208 cm³/mol. The Morgan fingerprint density at radius 2 is 0.816 bits per heavy atom. The molecule has 0 amide bonds. The highest BCUT2D eigenvalue weighted by Gasteiger charge is 2.17. The van der Waals surface area contributed by atoms with E-state index in [-0.39, 0.29) is 0 Å². The van der Waals surface area contributed by atoms with Gasteiger partial charge in [0.25, 0.3) is 0 Å². The summed E-state index contributed by atoms with van der Waals surface area (Å²) in [5.41, 5.74) is 12.0. The molecule has 0 bridgehead atoms. The number of hydrogen-bond acceptors (Lipinski definition) is 3. The summed E-state index contributed by atoms with van der Waals surface area (Å²) < 4.78 is 2.59. The van der Waals surface area contributed by atoms with E-state index in [2.05, 4.69) is 158 Å². The van der Waals surface area contributed by atoms with Crippen molar-refractivity contribution in [2.24, 2.45) is 0 Å². The average Bonchev–Trinajstić information content (AvgIpc) is 3.58. The fourth-order valence-corrected chi connectivity index (χ4v) is 7.97. The SMILES string of the molecule is c1ccc(-c2cc(-c3cc(-c4ccccc4-c4ccccc4)cc(-c4cccc5c4sc4ccccc45)c3)nc(-c3ccccc3)n2)cc1. The minimum Gasteiger partial charge on any atom is -0.228 e. The van der Waals surface area contributed by atoms with Crippen molar-refractivity contribution < 1.29 is 0 Å². The van der Waals surface area contributed by atoms with Crippen molar-refractivity contribution in [2.45, 2.75) is 0 Å². The molecule has 0 saturated carbocycles. The van der Waals surface area contributed by atoms with E-state index in [1.54, 1.807) is 0 Å². The van der Waals surface area contributed by atoms with E-state index in [0.29, 0.717) is 5.82 Å². The molecule has 2 nitrogen and oxygen atoms in total. The molecule has 0 aliphatic rings. The van der Waals surface area contributed by atoms with Gasteiger partial charge in [-0.1, -0.05) is 152 Å². The summed E-state index contributed by atoms with van der Waals surface area (Å²) in [7, 11) is 0. The molecule has 9 rings (SSSR count). The first kappa shape index (κ1) is 29.0. The standard InChI is InChI=1S/C46H30N2S/c1-4-15-31(16-5-1)37-21-10-11-22-38(37)34-27-35(39-24-14-25-41-40-23-12-13-26-44(40)49-45(39)41)29-36(28-34)43-30-42(32-17-6-2-7-18-32)47-46(48-43)33-19-8-3-9-20-33/h1-30H. The van der Waals surface area contributed by atoms with Crippen molar-refractivity contribution in [3.8, 4) is 67.3 Å². The zero-order valence-corrected chi connectivity index (χ0v) is 27.4. The molecule has 0 unspecified atom stereocenters. The average molecular weight is 643 g/mol. The number of aromatic nitrogens is 2. The van der Waals surface area contributed by atoms with Gasteiger partial charge in [0.2, 0.25) is 0 Å². The Labute approximate surface area is 289 Å². The Balaban J connectivity index is 1.32. The summed E-state index contributed by atoms with van der Waals surface area (Å²) in [6.07, 6.45) is 0. The molecular weight excluding hydrogens is 613 g/mol. The van der Waals surface area contributed by atoms with Crippen LogP contribution >= 0.6 is 11.3 Å². The van der Waals surface area contributed by atoms with Gasteiger partial charge in [0.05, 0.1) is 11.4 Å². The molecule has 0 spiro atoms. The van der Waals surface area contributed by atoms with Gasteiger partial charge in [0.15, 0.2) is 5.82 Å². The third-order valence-electron chi connectivity index (χ3n) is 9.09. The van der Waals surface area contributed by atoms with Gasteiger partial charge in [-0.15, -0.1) is 11.3 Å². The lowest BCUT2D eigenvalue weighted by atomic mass is 9.90. The van der Waals surface area contributed by atoms with Crippen molar-refractivity contribution in [1.29, 1.82) is 0 Å². The van der Waals surface area contributed by atoms with Crippen LogP contribution in [0.1, 0.15) is 0 Å². The van der Waals surface area contributed by atoms with E-state index < -0.39 is 0 Å². The maximum Gasteiger partial charge on any atom is 0.160 e. The van der Waals surface area contributed by atoms with Crippen LogP contribution in [0.25, 0.3) is 87.5 Å². The van der Waals surface area contributed by atoms with Crippen LogP contribution in [0.5, 0.6) is 0 Å². The molecule has 49 heavy (non-hydrogen) atoms. The molecule has 230 valence electrons. The summed E-state index contributed by atoms with van der Waals surface area (Å²) in [6.45, 7) is 0. The van der Waals surface area contributed by atoms with Crippen LogP contribution in [0.3, 0.4) is 0 Å². The summed E-state index contributed by atoms with van der Waals surface area (Å²) in [5, 5.41) is 2.58. The first-order valence-corrected chi connectivity index (χ1v) is 17.3. The van der Waals surface area contributed by atoms with Gasteiger partial charge in [0.1, 0.15) is 0 Å². The summed E-state index contributed by atoms with van der Waals surface area (Å²) in [6, 6.07) is 64.5. The fraction of sp³-hybridized carbons (Fsp3) is 0. The highest BCUT2D eigenvalue weighted by atomic mass is 32.1. The molecule has 2 aromatic heterocycles. The second kappa shape index (κ2) is 12.5. The van der Waals surface area contributed by atoms with Gasteiger partial charge in [-0.25, -0.2) is 9.97 Å². The normalized spacial score (nSPS) is 11.3. The molecule has 0 fully saturated rings. The number of hydrogen-bond donors (Lipinski definition) is 0. The lowest BCUT2D eigenvalue weighted by Gasteiger charge is -2.15. The van der Waals surface area contributed by atoms with Crippen LogP contribution in [0.2, 0.25) is 0 Å². The molecule has 0 aliphatic heterocycles. The van der Waals surface area contributed by atoms with Gasteiger partial charge < -0.3 is 0 Å². The second-order valence-electron chi connectivity index (χ2n) is 12.2. The van der Waals surface area contributed by atoms with Gasteiger partial charge in [0, 0.05) is 36.9 Å². The zero-order chi connectivity index (χ0) is 32.6. The molecule has 0 N–H and O–H groups in total. The molecule has 7 aromatic carbocycles. The van der Waals surface area contributed by atoms with Crippen LogP contribution in [-0.4, -0.2) is 9.97 Å². The lowest BCUT2D eigenvalue weighted by Crippen LogP contribution is -1.96. The largest absolute Gasteiger partial charge is 0.228 e. The maximum absolute atomic E-state index is 5.24. The molecule has 0 saturated heterocycles. The minimum absolute atomic E-state index is 0.709. The van der Waals surface area contributed by atoms with Crippen molar-refractivity contribution in [1.82, 2.24) is 9.97 Å². The van der Waals surface area contributed by atoms with Crippen molar-refractivity contribution in [2.75, 3.05) is 0 Å². The van der Waals surface area contributed by atoms with Gasteiger partial charge >= 0.3 is 0 Å². The lowest BCUT2D eigenvalue weighted by molar-refractivity contribution is 1.18.